The summed E-state index contributed by atoms with van der Waals surface area (Å²) in [5, 5.41) is 14.6. The number of rotatable bonds is 2. The first kappa shape index (κ1) is 15.0. The SMILES string of the molecule is N#Cc1cnn2c(N)c(-c3c(C(F)F)ccc4ccccc34)cnc12. The average molecular weight is 335 g/mol. The van der Waals surface area contributed by atoms with Gasteiger partial charge in [-0.15, -0.1) is 0 Å². The zero-order valence-electron chi connectivity index (χ0n) is 12.8. The summed E-state index contributed by atoms with van der Waals surface area (Å²) >= 11 is 0. The zero-order chi connectivity index (χ0) is 17.6. The number of anilines is 1. The highest BCUT2D eigenvalue weighted by Gasteiger charge is 2.21. The number of fused-ring (bicyclic) bond motifs is 2. The van der Waals surface area contributed by atoms with Crippen molar-refractivity contribution < 1.29 is 8.78 Å². The van der Waals surface area contributed by atoms with Crippen LogP contribution in [0.3, 0.4) is 0 Å². The summed E-state index contributed by atoms with van der Waals surface area (Å²) in [4.78, 5) is 4.21. The minimum absolute atomic E-state index is 0.126. The molecule has 0 aliphatic heterocycles. The topological polar surface area (TPSA) is 80.0 Å². The molecule has 0 unspecified atom stereocenters. The summed E-state index contributed by atoms with van der Waals surface area (Å²) in [7, 11) is 0. The fourth-order valence-corrected chi connectivity index (χ4v) is 2.99. The van der Waals surface area contributed by atoms with E-state index in [-0.39, 0.29) is 16.9 Å². The van der Waals surface area contributed by atoms with Crippen LogP contribution < -0.4 is 5.73 Å². The number of nitrogens with two attached hydrogens (primary N) is 1. The highest BCUT2D eigenvalue weighted by Crippen LogP contribution is 2.39. The lowest BCUT2D eigenvalue weighted by molar-refractivity contribution is 0.152. The van der Waals surface area contributed by atoms with Crippen LogP contribution in [0.5, 0.6) is 0 Å². The Kier molecular flexibility index (Phi) is 3.32. The standard InChI is InChI=1S/C18H11F2N5/c19-16(20)13-6-5-10-3-1-2-4-12(10)15(13)14-9-23-18-11(7-21)8-24-25(18)17(14)22/h1-6,8-9,16H,22H2. The first-order valence-corrected chi connectivity index (χ1v) is 7.44. The van der Waals surface area contributed by atoms with E-state index < -0.39 is 6.43 Å². The molecule has 0 saturated heterocycles. The summed E-state index contributed by atoms with van der Waals surface area (Å²) in [6, 6.07) is 12.3. The van der Waals surface area contributed by atoms with Crippen LogP contribution in [0.25, 0.3) is 27.5 Å². The number of nitrogens with zero attached hydrogens (tertiary/aromatic N) is 4. The van der Waals surface area contributed by atoms with Crippen molar-refractivity contribution in [2.75, 3.05) is 5.73 Å². The molecule has 0 aliphatic rings. The lowest BCUT2D eigenvalue weighted by Crippen LogP contribution is -2.04. The normalized spacial score (nSPS) is 11.3. The Morgan fingerprint density at radius 3 is 2.68 bits per heavy atom. The van der Waals surface area contributed by atoms with E-state index in [1.807, 2.05) is 18.2 Å². The summed E-state index contributed by atoms with van der Waals surface area (Å²) < 4.78 is 28.5. The summed E-state index contributed by atoms with van der Waals surface area (Å²) in [6.45, 7) is 0. The second-order valence-corrected chi connectivity index (χ2v) is 5.51. The molecular formula is C18H11F2N5. The van der Waals surface area contributed by atoms with Crippen LogP contribution in [0.2, 0.25) is 0 Å². The van der Waals surface area contributed by atoms with Gasteiger partial charge >= 0.3 is 0 Å². The molecule has 0 radical (unpaired) electrons. The number of halogens is 2. The minimum atomic E-state index is -2.66. The van der Waals surface area contributed by atoms with Crippen molar-refractivity contribution in [3.63, 3.8) is 0 Å². The maximum Gasteiger partial charge on any atom is 0.264 e. The van der Waals surface area contributed by atoms with Gasteiger partial charge in [0.25, 0.3) is 6.43 Å². The van der Waals surface area contributed by atoms with E-state index in [4.69, 9.17) is 11.0 Å². The molecule has 0 atom stereocenters. The highest BCUT2D eigenvalue weighted by molar-refractivity contribution is 6.00. The number of hydrogen-bond acceptors (Lipinski definition) is 4. The smallest absolute Gasteiger partial charge is 0.264 e. The molecule has 2 aromatic carbocycles. The van der Waals surface area contributed by atoms with Crippen LogP contribution in [0.15, 0.2) is 48.8 Å². The third kappa shape index (κ3) is 2.19. The second kappa shape index (κ2) is 5.53. The van der Waals surface area contributed by atoms with Gasteiger partial charge in [-0.1, -0.05) is 36.4 Å². The molecule has 4 rings (SSSR count). The van der Waals surface area contributed by atoms with Crippen molar-refractivity contribution in [2.24, 2.45) is 0 Å². The fraction of sp³-hybridized carbons (Fsp3) is 0.0556. The lowest BCUT2D eigenvalue weighted by atomic mass is 9.94. The average Bonchev–Trinajstić information content (AvgIpc) is 3.05. The Hall–Kier alpha value is -3.53. The number of hydrogen-bond donors (Lipinski definition) is 1. The van der Waals surface area contributed by atoms with E-state index in [1.54, 1.807) is 18.2 Å². The molecule has 0 fully saturated rings. The van der Waals surface area contributed by atoms with E-state index in [9.17, 15) is 8.78 Å². The predicted octanol–water partition coefficient (Wildman–Crippen LogP) is 3.94. The zero-order valence-corrected chi connectivity index (χ0v) is 12.8. The van der Waals surface area contributed by atoms with Crippen molar-refractivity contribution in [1.82, 2.24) is 14.6 Å². The third-order valence-corrected chi connectivity index (χ3v) is 4.15. The van der Waals surface area contributed by atoms with Gasteiger partial charge in [-0.25, -0.2) is 13.8 Å². The van der Waals surface area contributed by atoms with Gasteiger partial charge in [-0.05, 0) is 10.8 Å². The van der Waals surface area contributed by atoms with E-state index in [0.29, 0.717) is 22.2 Å². The second-order valence-electron chi connectivity index (χ2n) is 5.51. The van der Waals surface area contributed by atoms with Gasteiger partial charge < -0.3 is 5.73 Å². The van der Waals surface area contributed by atoms with Crippen molar-refractivity contribution in [1.29, 1.82) is 5.26 Å². The molecule has 2 aromatic heterocycles. The molecule has 5 nitrogen and oxygen atoms in total. The van der Waals surface area contributed by atoms with Gasteiger partial charge in [0.05, 0.1) is 6.20 Å². The van der Waals surface area contributed by atoms with E-state index in [1.165, 1.54) is 23.0 Å². The molecule has 4 aromatic rings. The maximum absolute atomic E-state index is 13.6. The summed E-state index contributed by atoms with van der Waals surface area (Å²) in [5.41, 5.74) is 7.30. The Bertz CT molecular complexity index is 1160. The third-order valence-electron chi connectivity index (χ3n) is 4.15. The molecule has 25 heavy (non-hydrogen) atoms. The number of benzene rings is 2. The van der Waals surface area contributed by atoms with Gasteiger partial charge in [0.1, 0.15) is 17.5 Å². The molecule has 122 valence electrons. The van der Waals surface area contributed by atoms with Crippen LogP contribution in [0, 0.1) is 11.3 Å². The number of nitrogen functional groups attached to an aromatic ring is 1. The lowest BCUT2D eigenvalue weighted by Gasteiger charge is -2.15. The van der Waals surface area contributed by atoms with E-state index >= 15 is 0 Å². The van der Waals surface area contributed by atoms with Crippen LogP contribution in [-0.2, 0) is 0 Å². The summed E-state index contributed by atoms with van der Waals surface area (Å²) in [5.74, 6) is 0.157. The number of aromatic nitrogens is 3. The highest BCUT2D eigenvalue weighted by atomic mass is 19.3. The van der Waals surface area contributed by atoms with Gasteiger partial charge in [0, 0.05) is 22.9 Å². The van der Waals surface area contributed by atoms with Crippen LogP contribution in [0.1, 0.15) is 17.6 Å². The van der Waals surface area contributed by atoms with Crippen LogP contribution in [0.4, 0.5) is 14.6 Å². The minimum Gasteiger partial charge on any atom is -0.383 e. The molecule has 0 amide bonds. The Balaban J connectivity index is 2.11. The fourth-order valence-electron chi connectivity index (χ4n) is 2.99. The molecule has 0 bridgehead atoms. The largest absolute Gasteiger partial charge is 0.383 e. The Morgan fingerprint density at radius 1 is 1.12 bits per heavy atom. The first-order valence-electron chi connectivity index (χ1n) is 7.44. The first-order chi connectivity index (χ1) is 12.1. The maximum atomic E-state index is 13.6. The molecule has 2 N–H and O–H groups in total. The molecule has 0 saturated carbocycles. The predicted molar refractivity (Wildman–Crippen MR) is 90.0 cm³/mol. The van der Waals surface area contributed by atoms with Crippen molar-refractivity contribution in [3.05, 3.63) is 59.9 Å². The molecular weight excluding hydrogens is 324 g/mol. The number of alkyl halides is 2. The van der Waals surface area contributed by atoms with Crippen molar-refractivity contribution in [3.8, 4) is 17.2 Å². The molecule has 0 spiro atoms. The van der Waals surface area contributed by atoms with Gasteiger partial charge in [0.15, 0.2) is 5.65 Å². The summed E-state index contributed by atoms with van der Waals surface area (Å²) in [6.07, 6.45) is 0.0995. The van der Waals surface area contributed by atoms with Crippen LogP contribution >= 0.6 is 0 Å². The molecule has 7 heteroatoms. The van der Waals surface area contributed by atoms with Gasteiger partial charge in [-0.2, -0.15) is 14.9 Å². The molecule has 2 heterocycles. The van der Waals surface area contributed by atoms with Crippen molar-refractivity contribution >= 4 is 22.2 Å². The van der Waals surface area contributed by atoms with Gasteiger partial charge in [-0.3, -0.25) is 0 Å². The van der Waals surface area contributed by atoms with Crippen molar-refractivity contribution in [2.45, 2.75) is 6.43 Å². The number of nitriles is 1. The quantitative estimate of drug-likeness (QED) is 0.602. The Labute approximate surface area is 140 Å². The Morgan fingerprint density at radius 2 is 1.92 bits per heavy atom. The van der Waals surface area contributed by atoms with Gasteiger partial charge in [0.2, 0.25) is 0 Å². The van der Waals surface area contributed by atoms with E-state index in [0.717, 1.165) is 5.39 Å². The van der Waals surface area contributed by atoms with Crippen LogP contribution in [-0.4, -0.2) is 14.6 Å². The molecule has 0 aliphatic carbocycles. The van der Waals surface area contributed by atoms with E-state index in [2.05, 4.69) is 10.1 Å². The monoisotopic (exact) mass is 335 g/mol.